The van der Waals surface area contributed by atoms with Crippen LogP contribution in [0.1, 0.15) is 16.7 Å². The SMILES string of the molecule is COc1c(Cc2cncc(Oc3ccc(Cl)cc3F)c2C)ccnc1Br. The number of hydrogen-bond acceptors (Lipinski definition) is 4. The summed E-state index contributed by atoms with van der Waals surface area (Å²) in [5.74, 6) is 0.723. The molecule has 4 nitrogen and oxygen atoms in total. The van der Waals surface area contributed by atoms with Crippen molar-refractivity contribution in [1.82, 2.24) is 9.97 Å². The number of methoxy groups -OCH3 is 1. The maximum atomic E-state index is 14.0. The van der Waals surface area contributed by atoms with Gasteiger partial charge in [0, 0.05) is 29.4 Å². The van der Waals surface area contributed by atoms with E-state index in [9.17, 15) is 4.39 Å². The first-order valence-corrected chi connectivity index (χ1v) is 8.90. The predicted molar refractivity (Wildman–Crippen MR) is 102 cm³/mol. The smallest absolute Gasteiger partial charge is 0.167 e. The number of hydrogen-bond donors (Lipinski definition) is 0. The average molecular weight is 438 g/mol. The Labute approximate surface area is 164 Å². The summed E-state index contributed by atoms with van der Waals surface area (Å²) in [6.45, 7) is 1.91. The van der Waals surface area contributed by atoms with Crippen molar-refractivity contribution in [2.45, 2.75) is 13.3 Å². The fourth-order valence-corrected chi connectivity index (χ4v) is 3.22. The Morgan fingerprint density at radius 2 is 1.96 bits per heavy atom. The zero-order chi connectivity index (χ0) is 18.7. The molecule has 0 amide bonds. The van der Waals surface area contributed by atoms with E-state index in [0.717, 1.165) is 16.7 Å². The van der Waals surface area contributed by atoms with E-state index in [4.69, 9.17) is 21.1 Å². The molecule has 0 aliphatic carbocycles. The second-order valence-electron chi connectivity index (χ2n) is 5.57. The van der Waals surface area contributed by atoms with Crippen LogP contribution in [0.4, 0.5) is 4.39 Å². The molecule has 0 spiro atoms. The summed E-state index contributed by atoms with van der Waals surface area (Å²) in [6.07, 6.45) is 5.60. The van der Waals surface area contributed by atoms with Gasteiger partial charge in [0.15, 0.2) is 17.3 Å². The number of pyridine rings is 2. The van der Waals surface area contributed by atoms with Crippen molar-refractivity contribution in [2.24, 2.45) is 0 Å². The highest BCUT2D eigenvalue weighted by Crippen LogP contribution is 2.32. The summed E-state index contributed by atoms with van der Waals surface area (Å²) in [7, 11) is 1.60. The van der Waals surface area contributed by atoms with Crippen LogP contribution in [0.25, 0.3) is 0 Å². The first-order valence-electron chi connectivity index (χ1n) is 7.73. The van der Waals surface area contributed by atoms with Gasteiger partial charge in [-0.15, -0.1) is 0 Å². The molecule has 1 aromatic carbocycles. The number of nitrogens with zero attached hydrogens (tertiary/aromatic N) is 2. The van der Waals surface area contributed by atoms with Crippen LogP contribution in [0.5, 0.6) is 17.2 Å². The Balaban J connectivity index is 1.92. The molecule has 0 saturated carbocycles. The Morgan fingerprint density at radius 3 is 2.69 bits per heavy atom. The minimum Gasteiger partial charge on any atom is -0.494 e. The molecule has 3 aromatic rings. The van der Waals surface area contributed by atoms with Gasteiger partial charge in [0.05, 0.1) is 13.3 Å². The van der Waals surface area contributed by atoms with E-state index >= 15 is 0 Å². The van der Waals surface area contributed by atoms with E-state index in [1.165, 1.54) is 12.1 Å². The van der Waals surface area contributed by atoms with Gasteiger partial charge in [-0.2, -0.15) is 0 Å². The summed E-state index contributed by atoms with van der Waals surface area (Å²) in [4.78, 5) is 8.39. The van der Waals surface area contributed by atoms with Crippen LogP contribution in [0.15, 0.2) is 47.5 Å². The first kappa shape index (κ1) is 18.6. The van der Waals surface area contributed by atoms with Crippen molar-refractivity contribution in [3.8, 4) is 17.2 Å². The van der Waals surface area contributed by atoms with Crippen LogP contribution in [0.2, 0.25) is 5.02 Å². The molecule has 0 atom stereocenters. The molecule has 0 N–H and O–H groups in total. The van der Waals surface area contributed by atoms with E-state index in [0.29, 0.717) is 27.5 Å². The van der Waals surface area contributed by atoms with Crippen molar-refractivity contribution < 1.29 is 13.9 Å². The van der Waals surface area contributed by atoms with Crippen molar-refractivity contribution in [3.63, 3.8) is 0 Å². The van der Waals surface area contributed by atoms with Crippen LogP contribution >= 0.6 is 27.5 Å². The van der Waals surface area contributed by atoms with Crippen molar-refractivity contribution in [2.75, 3.05) is 7.11 Å². The second kappa shape index (κ2) is 8.01. The quantitative estimate of drug-likeness (QED) is 0.478. The van der Waals surface area contributed by atoms with Crippen LogP contribution < -0.4 is 9.47 Å². The fraction of sp³-hybridized carbons (Fsp3) is 0.158. The highest BCUT2D eigenvalue weighted by molar-refractivity contribution is 9.10. The zero-order valence-corrected chi connectivity index (χ0v) is 16.4. The molecule has 0 fully saturated rings. The number of benzene rings is 1. The lowest BCUT2D eigenvalue weighted by Gasteiger charge is -2.14. The monoisotopic (exact) mass is 436 g/mol. The summed E-state index contributed by atoms with van der Waals surface area (Å²) >= 11 is 9.16. The lowest BCUT2D eigenvalue weighted by atomic mass is 10.0. The molecule has 0 saturated heterocycles. The minimum atomic E-state index is -0.526. The largest absolute Gasteiger partial charge is 0.494 e. The molecule has 0 unspecified atom stereocenters. The fourth-order valence-electron chi connectivity index (χ4n) is 2.52. The summed E-state index contributed by atoms with van der Waals surface area (Å²) in [5.41, 5.74) is 2.76. The average Bonchev–Trinajstić information content (AvgIpc) is 2.61. The Bertz CT molecular complexity index is 953. The van der Waals surface area contributed by atoms with Gasteiger partial charge in [-0.05, 0) is 58.2 Å². The lowest BCUT2D eigenvalue weighted by Crippen LogP contribution is -2.00. The van der Waals surface area contributed by atoms with Gasteiger partial charge < -0.3 is 9.47 Å². The maximum absolute atomic E-state index is 14.0. The van der Waals surface area contributed by atoms with Gasteiger partial charge in [-0.3, -0.25) is 4.98 Å². The summed E-state index contributed by atoms with van der Waals surface area (Å²) in [5, 5.41) is 0.314. The summed E-state index contributed by atoms with van der Waals surface area (Å²) in [6, 6.07) is 6.16. The van der Waals surface area contributed by atoms with Crippen molar-refractivity contribution in [3.05, 3.63) is 75.0 Å². The van der Waals surface area contributed by atoms with Crippen LogP contribution in [-0.4, -0.2) is 17.1 Å². The molecule has 3 rings (SSSR count). The molecule has 0 bridgehead atoms. The standard InChI is InChI=1S/C19H15BrClFN2O2/c1-11-13(7-12-5-6-24-19(20)18(12)25-2)9-23-10-17(11)26-16-4-3-14(21)8-15(16)22/h3-6,8-10H,7H2,1-2H3. The molecule has 26 heavy (non-hydrogen) atoms. The second-order valence-corrected chi connectivity index (χ2v) is 6.76. The highest BCUT2D eigenvalue weighted by atomic mass is 79.9. The normalized spacial score (nSPS) is 10.7. The topological polar surface area (TPSA) is 44.2 Å². The molecule has 2 aromatic heterocycles. The Kier molecular flexibility index (Phi) is 5.74. The molecule has 0 aliphatic rings. The van der Waals surface area contributed by atoms with Gasteiger partial charge >= 0.3 is 0 Å². The number of aromatic nitrogens is 2. The highest BCUT2D eigenvalue weighted by Gasteiger charge is 2.14. The third-order valence-electron chi connectivity index (χ3n) is 3.91. The van der Waals surface area contributed by atoms with Crippen LogP contribution in [0, 0.1) is 12.7 Å². The van der Waals surface area contributed by atoms with Gasteiger partial charge in [-0.1, -0.05) is 11.6 Å². The third kappa shape index (κ3) is 3.97. The van der Waals surface area contributed by atoms with Crippen LogP contribution in [-0.2, 0) is 6.42 Å². The lowest BCUT2D eigenvalue weighted by molar-refractivity contribution is 0.405. The molecule has 0 aliphatic heterocycles. The van der Waals surface area contributed by atoms with Gasteiger partial charge in [0.1, 0.15) is 10.4 Å². The molecule has 0 radical (unpaired) electrons. The first-order chi connectivity index (χ1) is 12.5. The third-order valence-corrected chi connectivity index (χ3v) is 4.71. The molecule has 134 valence electrons. The van der Waals surface area contributed by atoms with Crippen LogP contribution in [0.3, 0.4) is 0 Å². The van der Waals surface area contributed by atoms with E-state index in [1.54, 1.807) is 31.8 Å². The van der Waals surface area contributed by atoms with Crippen molar-refractivity contribution in [1.29, 1.82) is 0 Å². The molecule has 7 heteroatoms. The number of ether oxygens (including phenoxy) is 2. The van der Waals surface area contributed by atoms with E-state index < -0.39 is 5.82 Å². The van der Waals surface area contributed by atoms with E-state index in [-0.39, 0.29) is 5.75 Å². The van der Waals surface area contributed by atoms with Gasteiger partial charge in [-0.25, -0.2) is 9.37 Å². The molecule has 2 heterocycles. The zero-order valence-electron chi connectivity index (χ0n) is 14.1. The Hall–Kier alpha value is -2.18. The molecular formula is C19H15BrClFN2O2. The molecular weight excluding hydrogens is 423 g/mol. The number of halogens is 3. The minimum absolute atomic E-state index is 0.0979. The van der Waals surface area contributed by atoms with Crippen molar-refractivity contribution >= 4 is 27.5 Å². The Morgan fingerprint density at radius 1 is 1.15 bits per heavy atom. The summed E-state index contributed by atoms with van der Waals surface area (Å²) < 4.78 is 25.8. The number of rotatable bonds is 5. The van der Waals surface area contributed by atoms with E-state index in [2.05, 4.69) is 25.9 Å². The van der Waals surface area contributed by atoms with E-state index in [1.807, 2.05) is 13.0 Å². The maximum Gasteiger partial charge on any atom is 0.167 e. The van der Waals surface area contributed by atoms with Gasteiger partial charge in [0.25, 0.3) is 0 Å². The van der Waals surface area contributed by atoms with Gasteiger partial charge in [0.2, 0.25) is 0 Å². The predicted octanol–water partition coefficient (Wildman–Crippen LogP) is 5.73.